The molecule has 2 unspecified atom stereocenters. The molecule has 4 nitrogen and oxygen atoms in total. The van der Waals surface area contributed by atoms with Gasteiger partial charge in [-0.2, -0.15) is 0 Å². The lowest BCUT2D eigenvalue weighted by atomic mass is 10.3. The minimum Gasteiger partial charge on any atom is -0.354 e. The molecule has 21 heavy (non-hydrogen) atoms. The smallest absolute Gasteiger partial charge is 0.242 e. The molecular weight excluding hydrogens is 308 g/mol. The van der Waals surface area contributed by atoms with Crippen molar-refractivity contribution in [1.82, 2.24) is 10.6 Å². The van der Waals surface area contributed by atoms with E-state index in [-0.39, 0.29) is 17.1 Å². The van der Waals surface area contributed by atoms with Gasteiger partial charge in [0.25, 0.3) is 0 Å². The Hall–Kier alpha value is -1.20. The van der Waals surface area contributed by atoms with E-state index in [4.69, 9.17) is 11.6 Å². The van der Waals surface area contributed by atoms with Crippen molar-refractivity contribution < 1.29 is 9.59 Å². The van der Waals surface area contributed by atoms with Crippen LogP contribution in [-0.2, 0) is 9.59 Å². The molecule has 0 spiro atoms. The van der Waals surface area contributed by atoms with Gasteiger partial charge in [0.05, 0.1) is 10.3 Å². The van der Waals surface area contributed by atoms with Gasteiger partial charge in [0.1, 0.15) is 6.04 Å². The molecule has 1 rings (SSSR count). The number of thioether (sulfide) groups is 1. The van der Waals surface area contributed by atoms with Crippen molar-refractivity contribution in [3.63, 3.8) is 0 Å². The van der Waals surface area contributed by atoms with E-state index in [2.05, 4.69) is 10.6 Å². The number of hydrogen-bond acceptors (Lipinski definition) is 3. The van der Waals surface area contributed by atoms with E-state index in [1.54, 1.807) is 19.9 Å². The number of carbonyl (C=O) groups is 2. The van der Waals surface area contributed by atoms with Crippen LogP contribution >= 0.6 is 23.4 Å². The van der Waals surface area contributed by atoms with Crippen LogP contribution in [0.25, 0.3) is 0 Å². The lowest BCUT2D eigenvalue weighted by Crippen LogP contribution is -2.47. The van der Waals surface area contributed by atoms with Crippen molar-refractivity contribution in [1.29, 1.82) is 0 Å². The summed E-state index contributed by atoms with van der Waals surface area (Å²) in [6.07, 6.45) is 0.866. The van der Waals surface area contributed by atoms with Crippen LogP contribution in [-0.4, -0.2) is 29.7 Å². The second-order valence-corrected chi connectivity index (χ2v) is 6.50. The van der Waals surface area contributed by atoms with Crippen LogP contribution in [0.3, 0.4) is 0 Å². The molecule has 2 atom stereocenters. The molecule has 116 valence electrons. The SMILES string of the molecule is CCCNC(=O)C(C)NC(=O)C(C)Sc1ccccc1Cl. The fourth-order valence-electron chi connectivity index (χ4n) is 1.58. The molecule has 0 aliphatic carbocycles. The molecule has 0 saturated heterocycles. The molecule has 0 heterocycles. The summed E-state index contributed by atoms with van der Waals surface area (Å²) >= 11 is 7.44. The maximum absolute atomic E-state index is 12.1. The third-order valence-electron chi connectivity index (χ3n) is 2.81. The molecule has 0 aliphatic rings. The van der Waals surface area contributed by atoms with Gasteiger partial charge in [-0.15, -0.1) is 11.8 Å². The molecular formula is C15H21ClN2O2S. The fraction of sp³-hybridized carbons (Fsp3) is 0.467. The van der Waals surface area contributed by atoms with Crippen molar-refractivity contribution >= 4 is 35.2 Å². The largest absolute Gasteiger partial charge is 0.354 e. The van der Waals surface area contributed by atoms with Crippen molar-refractivity contribution in [2.24, 2.45) is 0 Å². The highest BCUT2D eigenvalue weighted by Crippen LogP contribution is 2.29. The van der Waals surface area contributed by atoms with Gasteiger partial charge in [-0.3, -0.25) is 9.59 Å². The first-order valence-electron chi connectivity index (χ1n) is 6.95. The van der Waals surface area contributed by atoms with Gasteiger partial charge < -0.3 is 10.6 Å². The zero-order valence-electron chi connectivity index (χ0n) is 12.5. The van der Waals surface area contributed by atoms with E-state index in [0.717, 1.165) is 11.3 Å². The third kappa shape index (κ3) is 5.98. The molecule has 6 heteroatoms. The summed E-state index contributed by atoms with van der Waals surface area (Å²) in [7, 11) is 0. The zero-order valence-corrected chi connectivity index (χ0v) is 14.1. The fourth-order valence-corrected chi connectivity index (χ4v) is 2.74. The first-order chi connectivity index (χ1) is 9.95. The number of carbonyl (C=O) groups excluding carboxylic acids is 2. The van der Waals surface area contributed by atoms with Crippen LogP contribution in [0, 0.1) is 0 Å². The second kappa shape index (κ2) is 8.95. The van der Waals surface area contributed by atoms with Crippen LogP contribution in [0.1, 0.15) is 27.2 Å². The van der Waals surface area contributed by atoms with Crippen molar-refractivity contribution in [3.8, 4) is 0 Å². The molecule has 2 N–H and O–H groups in total. The Kier molecular flexibility index (Phi) is 7.61. The van der Waals surface area contributed by atoms with Crippen molar-refractivity contribution in [3.05, 3.63) is 29.3 Å². The molecule has 1 aromatic rings. The molecule has 0 fully saturated rings. The highest BCUT2D eigenvalue weighted by Gasteiger charge is 2.20. The average Bonchev–Trinajstić information content (AvgIpc) is 2.46. The number of nitrogens with one attached hydrogen (secondary N) is 2. The Balaban J connectivity index is 2.51. The summed E-state index contributed by atoms with van der Waals surface area (Å²) in [6.45, 7) is 6.06. The minimum atomic E-state index is -0.543. The van der Waals surface area contributed by atoms with Crippen LogP contribution in [0.15, 0.2) is 29.2 Å². The van der Waals surface area contributed by atoms with E-state index in [0.29, 0.717) is 11.6 Å². The average molecular weight is 329 g/mol. The molecule has 0 bridgehead atoms. The lowest BCUT2D eigenvalue weighted by Gasteiger charge is -2.17. The van der Waals surface area contributed by atoms with E-state index < -0.39 is 6.04 Å². The number of hydrogen-bond donors (Lipinski definition) is 2. The standard InChI is InChI=1S/C15H21ClN2O2S/c1-4-9-17-14(19)10(2)18-15(20)11(3)21-13-8-6-5-7-12(13)16/h5-8,10-11H,4,9H2,1-3H3,(H,17,19)(H,18,20). The summed E-state index contributed by atoms with van der Waals surface area (Å²) in [5.41, 5.74) is 0. The Morgan fingerprint density at radius 2 is 1.90 bits per heavy atom. The van der Waals surface area contributed by atoms with E-state index in [1.165, 1.54) is 11.8 Å². The van der Waals surface area contributed by atoms with Crippen LogP contribution in [0.2, 0.25) is 5.02 Å². The van der Waals surface area contributed by atoms with Gasteiger partial charge in [0, 0.05) is 11.4 Å². The van der Waals surface area contributed by atoms with Crippen LogP contribution in [0.4, 0.5) is 0 Å². The van der Waals surface area contributed by atoms with Gasteiger partial charge >= 0.3 is 0 Å². The monoisotopic (exact) mass is 328 g/mol. The second-order valence-electron chi connectivity index (χ2n) is 4.71. The zero-order chi connectivity index (χ0) is 15.8. The van der Waals surface area contributed by atoms with E-state index in [1.807, 2.05) is 25.1 Å². The predicted molar refractivity (Wildman–Crippen MR) is 87.7 cm³/mol. The Bertz CT molecular complexity index is 496. The number of benzene rings is 1. The minimum absolute atomic E-state index is 0.167. The highest BCUT2D eigenvalue weighted by molar-refractivity contribution is 8.00. The summed E-state index contributed by atoms with van der Waals surface area (Å²) in [6, 6.07) is 6.83. The van der Waals surface area contributed by atoms with Gasteiger partial charge in [-0.25, -0.2) is 0 Å². The highest BCUT2D eigenvalue weighted by atomic mass is 35.5. The molecule has 2 amide bonds. The van der Waals surface area contributed by atoms with Gasteiger partial charge in [0.2, 0.25) is 11.8 Å². The van der Waals surface area contributed by atoms with Crippen LogP contribution < -0.4 is 10.6 Å². The third-order valence-corrected chi connectivity index (χ3v) is 4.43. The van der Waals surface area contributed by atoms with Crippen molar-refractivity contribution in [2.45, 2.75) is 43.4 Å². The lowest BCUT2D eigenvalue weighted by molar-refractivity contribution is -0.128. The Morgan fingerprint density at radius 1 is 1.24 bits per heavy atom. The molecule has 0 aliphatic heterocycles. The normalized spacial score (nSPS) is 13.3. The van der Waals surface area contributed by atoms with Gasteiger partial charge in [0.15, 0.2) is 0 Å². The Labute approximate surface area is 135 Å². The topological polar surface area (TPSA) is 58.2 Å². The maximum atomic E-state index is 12.1. The predicted octanol–water partition coefficient (Wildman–Crippen LogP) is 2.85. The Morgan fingerprint density at radius 3 is 2.52 bits per heavy atom. The number of halogens is 1. The molecule has 0 radical (unpaired) electrons. The molecule has 0 saturated carbocycles. The van der Waals surface area contributed by atoms with Crippen LogP contribution in [0.5, 0.6) is 0 Å². The summed E-state index contributed by atoms with van der Waals surface area (Å²) in [5, 5.41) is 5.76. The summed E-state index contributed by atoms with van der Waals surface area (Å²) in [5.74, 6) is -0.348. The maximum Gasteiger partial charge on any atom is 0.242 e. The van der Waals surface area contributed by atoms with E-state index >= 15 is 0 Å². The first kappa shape index (κ1) is 17.9. The quantitative estimate of drug-likeness (QED) is 0.757. The van der Waals surface area contributed by atoms with Gasteiger partial charge in [-0.05, 0) is 32.4 Å². The molecule has 1 aromatic carbocycles. The van der Waals surface area contributed by atoms with E-state index in [9.17, 15) is 9.59 Å². The van der Waals surface area contributed by atoms with Gasteiger partial charge in [-0.1, -0.05) is 30.7 Å². The number of amides is 2. The number of rotatable bonds is 7. The molecule has 0 aromatic heterocycles. The van der Waals surface area contributed by atoms with Crippen molar-refractivity contribution in [2.75, 3.05) is 6.54 Å². The summed E-state index contributed by atoms with van der Waals surface area (Å²) in [4.78, 5) is 24.7. The first-order valence-corrected chi connectivity index (χ1v) is 8.20. The summed E-state index contributed by atoms with van der Waals surface area (Å²) < 4.78 is 0.